The summed E-state index contributed by atoms with van der Waals surface area (Å²) in [5, 5.41) is 0. The van der Waals surface area contributed by atoms with Crippen LogP contribution in [0.4, 0.5) is 10.1 Å². The molecule has 5 rings (SSSR count). The number of nitrogens with zero attached hydrogens (tertiary/aromatic N) is 3. The van der Waals surface area contributed by atoms with Crippen molar-refractivity contribution in [2.75, 3.05) is 18.1 Å². The molecule has 35 heavy (non-hydrogen) atoms. The molecule has 0 spiro atoms. The lowest BCUT2D eigenvalue weighted by Crippen LogP contribution is -2.24. The Kier molecular flexibility index (Phi) is 6.53. The van der Waals surface area contributed by atoms with Crippen LogP contribution in [0.15, 0.2) is 72.8 Å². The number of amides is 1. The number of benzene rings is 3. The van der Waals surface area contributed by atoms with E-state index in [1.807, 2.05) is 30.3 Å². The molecule has 0 radical (unpaired) electrons. The van der Waals surface area contributed by atoms with Crippen molar-refractivity contribution >= 4 is 22.6 Å². The summed E-state index contributed by atoms with van der Waals surface area (Å²) in [6.45, 7) is 6.07. The first-order valence-electron chi connectivity index (χ1n) is 12.3. The van der Waals surface area contributed by atoms with Crippen molar-refractivity contribution in [2.24, 2.45) is 0 Å². The number of ether oxygens (including phenoxy) is 1. The Morgan fingerprint density at radius 1 is 1.06 bits per heavy atom. The quantitative estimate of drug-likeness (QED) is 0.303. The fraction of sp³-hybridized carbons (Fsp3) is 0.310. The summed E-state index contributed by atoms with van der Waals surface area (Å²) in [4.78, 5) is 19.5. The van der Waals surface area contributed by atoms with E-state index in [1.54, 1.807) is 17.0 Å². The maximum absolute atomic E-state index is 13.4. The summed E-state index contributed by atoms with van der Waals surface area (Å²) in [6, 6.07) is 22.4. The summed E-state index contributed by atoms with van der Waals surface area (Å²) in [6.07, 6.45) is 1.48. The van der Waals surface area contributed by atoms with Gasteiger partial charge >= 0.3 is 0 Å². The van der Waals surface area contributed by atoms with Crippen molar-refractivity contribution < 1.29 is 13.9 Å². The highest BCUT2D eigenvalue weighted by molar-refractivity contribution is 5.96. The normalized spacial score (nSPS) is 16.7. The molecule has 1 saturated heterocycles. The molecular formula is C29H30FN3O2. The number of fused-ring (bicyclic) bond motifs is 1. The summed E-state index contributed by atoms with van der Waals surface area (Å²) >= 11 is 0. The first-order chi connectivity index (χ1) is 17.0. The molecule has 3 aromatic carbocycles. The molecule has 1 aliphatic heterocycles. The van der Waals surface area contributed by atoms with Crippen LogP contribution in [-0.2, 0) is 11.3 Å². The number of halogens is 1. The third-order valence-electron chi connectivity index (χ3n) is 6.96. The molecule has 2 heterocycles. The lowest BCUT2D eigenvalue weighted by molar-refractivity contribution is -0.117. The predicted molar refractivity (Wildman–Crippen MR) is 136 cm³/mol. The van der Waals surface area contributed by atoms with E-state index in [-0.39, 0.29) is 17.6 Å². The number of anilines is 1. The van der Waals surface area contributed by atoms with E-state index in [9.17, 15) is 9.18 Å². The van der Waals surface area contributed by atoms with Gasteiger partial charge in [-0.05, 0) is 66.4 Å². The Balaban J connectivity index is 1.34. The Labute approximate surface area is 205 Å². The number of hydrogen-bond donors (Lipinski definition) is 0. The summed E-state index contributed by atoms with van der Waals surface area (Å²) < 4.78 is 21.6. The second kappa shape index (κ2) is 9.90. The fourth-order valence-corrected chi connectivity index (χ4v) is 4.77. The standard InChI is InChI=1S/C29H30FN3O2/c1-3-20(2)21-8-14-25(15-9-21)35-17-16-32-27-7-5-4-6-26(27)31-29(32)22-18-28(34)33(19-22)24-12-10-23(30)11-13-24/h4-15,20,22H,3,16-19H2,1-2H3/t20-,22-/m0/s1. The molecule has 1 fully saturated rings. The minimum Gasteiger partial charge on any atom is -0.492 e. The number of para-hydroxylation sites is 2. The monoisotopic (exact) mass is 471 g/mol. The molecule has 180 valence electrons. The number of imidazole rings is 1. The van der Waals surface area contributed by atoms with Crippen LogP contribution in [-0.4, -0.2) is 28.6 Å². The molecule has 0 unspecified atom stereocenters. The van der Waals surface area contributed by atoms with Gasteiger partial charge in [-0.15, -0.1) is 0 Å². The molecule has 0 bridgehead atoms. The first-order valence-corrected chi connectivity index (χ1v) is 12.3. The Morgan fingerprint density at radius 2 is 1.80 bits per heavy atom. The minimum absolute atomic E-state index is 0.0258. The van der Waals surface area contributed by atoms with Crippen molar-refractivity contribution in [3.8, 4) is 5.75 Å². The summed E-state index contributed by atoms with van der Waals surface area (Å²) in [7, 11) is 0. The second-order valence-electron chi connectivity index (χ2n) is 9.22. The van der Waals surface area contributed by atoms with E-state index in [0.717, 1.165) is 29.0 Å². The largest absolute Gasteiger partial charge is 0.492 e. The number of carbonyl (C=O) groups is 1. The van der Waals surface area contributed by atoms with E-state index < -0.39 is 0 Å². The molecule has 2 atom stereocenters. The third-order valence-corrected chi connectivity index (χ3v) is 6.96. The number of rotatable bonds is 8. The van der Waals surface area contributed by atoms with Crippen molar-refractivity contribution in [3.05, 3.63) is 90.0 Å². The number of aromatic nitrogens is 2. The lowest BCUT2D eigenvalue weighted by atomic mass is 9.99. The Hall–Kier alpha value is -3.67. The highest BCUT2D eigenvalue weighted by Gasteiger charge is 2.34. The van der Waals surface area contributed by atoms with Crippen LogP contribution in [0.1, 0.15) is 49.9 Å². The van der Waals surface area contributed by atoms with Crippen LogP contribution >= 0.6 is 0 Å². The van der Waals surface area contributed by atoms with E-state index in [0.29, 0.717) is 37.7 Å². The van der Waals surface area contributed by atoms with Crippen LogP contribution in [0.2, 0.25) is 0 Å². The smallest absolute Gasteiger partial charge is 0.227 e. The zero-order valence-corrected chi connectivity index (χ0v) is 20.2. The van der Waals surface area contributed by atoms with Crippen LogP contribution in [0.5, 0.6) is 5.75 Å². The lowest BCUT2D eigenvalue weighted by Gasteiger charge is -2.17. The Bertz CT molecular complexity index is 1310. The number of carbonyl (C=O) groups excluding carboxylic acids is 1. The summed E-state index contributed by atoms with van der Waals surface area (Å²) in [5.41, 5.74) is 3.98. The van der Waals surface area contributed by atoms with E-state index in [4.69, 9.17) is 9.72 Å². The van der Waals surface area contributed by atoms with E-state index in [2.05, 4.69) is 36.6 Å². The highest BCUT2D eigenvalue weighted by Crippen LogP contribution is 2.33. The fourth-order valence-electron chi connectivity index (χ4n) is 4.77. The van der Waals surface area contributed by atoms with Crippen molar-refractivity contribution in [2.45, 2.75) is 45.1 Å². The average molecular weight is 472 g/mol. The predicted octanol–water partition coefficient (Wildman–Crippen LogP) is 6.29. The minimum atomic E-state index is -0.312. The van der Waals surface area contributed by atoms with Gasteiger partial charge in [0.15, 0.2) is 0 Å². The average Bonchev–Trinajstić information content (AvgIpc) is 3.45. The van der Waals surface area contributed by atoms with Gasteiger partial charge in [0.2, 0.25) is 5.91 Å². The van der Waals surface area contributed by atoms with Crippen LogP contribution in [0.3, 0.4) is 0 Å². The zero-order chi connectivity index (χ0) is 24.4. The van der Waals surface area contributed by atoms with Gasteiger partial charge in [0, 0.05) is 24.6 Å². The van der Waals surface area contributed by atoms with Gasteiger partial charge in [0.25, 0.3) is 0 Å². The van der Waals surface area contributed by atoms with Crippen LogP contribution in [0, 0.1) is 5.82 Å². The molecule has 5 nitrogen and oxygen atoms in total. The van der Waals surface area contributed by atoms with Crippen LogP contribution in [0.25, 0.3) is 11.0 Å². The molecule has 4 aromatic rings. The highest BCUT2D eigenvalue weighted by atomic mass is 19.1. The Morgan fingerprint density at radius 3 is 2.54 bits per heavy atom. The molecule has 1 aromatic heterocycles. The summed E-state index contributed by atoms with van der Waals surface area (Å²) in [5.74, 6) is 1.94. The van der Waals surface area contributed by atoms with Gasteiger partial charge in [-0.3, -0.25) is 4.79 Å². The maximum Gasteiger partial charge on any atom is 0.227 e. The van der Waals surface area contributed by atoms with Gasteiger partial charge < -0.3 is 14.2 Å². The second-order valence-corrected chi connectivity index (χ2v) is 9.22. The number of hydrogen-bond acceptors (Lipinski definition) is 3. The molecule has 0 aliphatic carbocycles. The molecule has 0 saturated carbocycles. The first kappa shape index (κ1) is 23.1. The van der Waals surface area contributed by atoms with Crippen molar-refractivity contribution in [1.29, 1.82) is 0 Å². The molecule has 6 heteroatoms. The van der Waals surface area contributed by atoms with Gasteiger partial charge in [0.05, 0.1) is 17.6 Å². The SMILES string of the molecule is CC[C@H](C)c1ccc(OCCn2c([C@H]3CC(=O)N(c4ccc(F)cc4)C3)nc3ccccc32)cc1. The maximum atomic E-state index is 13.4. The van der Waals surface area contributed by atoms with Gasteiger partial charge in [0.1, 0.15) is 24.0 Å². The van der Waals surface area contributed by atoms with E-state index in [1.165, 1.54) is 17.7 Å². The van der Waals surface area contributed by atoms with Gasteiger partial charge in [-0.1, -0.05) is 38.1 Å². The molecule has 1 aliphatic rings. The zero-order valence-electron chi connectivity index (χ0n) is 20.2. The molecular weight excluding hydrogens is 441 g/mol. The van der Waals surface area contributed by atoms with Crippen molar-refractivity contribution in [1.82, 2.24) is 9.55 Å². The van der Waals surface area contributed by atoms with Crippen molar-refractivity contribution in [3.63, 3.8) is 0 Å². The third kappa shape index (κ3) is 4.78. The van der Waals surface area contributed by atoms with Crippen LogP contribution < -0.4 is 9.64 Å². The van der Waals surface area contributed by atoms with Gasteiger partial charge in [-0.25, -0.2) is 9.37 Å². The van der Waals surface area contributed by atoms with Gasteiger partial charge in [-0.2, -0.15) is 0 Å². The molecule has 1 amide bonds. The molecule has 0 N–H and O–H groups in total. The van der Waals surface area contributed by atoms with E-state index >= 15 is 0 Å². The topological polar surface area (TPSA) is 47.4 Å².